The molecule has 1 aromatic carbocycles. The maximum absolute atomic E-state index is 13.2. The van der Waals surface area contributed by atoms with Crippen LogP contribution in [-0.4, -0.2) is 83.8 Å². The average Bonchev–Trinajstić information content (AvgIpc) is 3.65. The van der Waals surface area contributed by atoms with E-state index in [0.717, 1.165) is 62.3 Å². The van der Waals surface area contributed by atoms with Crippen LogP contribution >= 0.6 is 0 Å². The minimum Gasteiger partial charge on any atom is -0.376 e. The summed E-state index contributed by atoms with van der Waals surface area (Å²) >= 11 is 0. The zero-order chi connectivity index (χ0) is 24.2. The first-order valence-corrected chi connectivity index (χ1v) is 12.9. The average molecular weight is 478 g/mol. The summed E-state index contributed by atoms with van der Waals surface area (Å²) in [5, 5.41) is 8.91. The van der Waals surface area contributed by atoms with Crippen molar-refractivity contribution in [2.45, 2.75) is 45.1 Å². The smallest absolute Gasteiger partial charge is 0.242 e. The third kappa shape index (κ3) is 5.99. The summed E-state index contributed by atoms with van der Waals surface area (Å²) in [6.07, 6.45) is 4.79. The molecule has 1 aliphatic carbocycles. The topological polar surface area (TPSA) is 78.9 Å². The van der Waals surface area contributed by atoms with E-state index in [1.807, 2.05) is 17.0 Å². The number of anilines is 1. The fourth-order valence-electron chi connectivity index (χ4n) is 4.89. The summed E-state index contributed by atoms with van der Waals surface area (Å²) in [6, 6.07) is 12.3. The molecule has 0 unspecified atom stereocenters. The molecule has 8 nitrogen and oxygen atoms in total. The molecule has 3 aliphatic rings. The van der Waals surface area contributed by atoms with E-state index in [2.05, 4.69) is 46.3 Å². The quantitative estimate of drug-likeness (QED) is 0.610. The molecular formula is C27H35N5O3. The number of aromatic nitrogens is 2. The molecule has 1 aromatic heterocycles. The Morgan fingerprint density at radius 1 is 0.971 bits per heavy atom. The molecular weight excluding hydrogens is 442 g/mol. The van der Waals surface area contributed by atoms with Crippen molar-refractivity contribution in [2.24, 2.45) is 5.92 Å². The molecule has 2 amide bonds. The fourth-order valence-corrected chi connectivity index (χ4v) is 4.89. The Kier molecular flexibility index (Phi) is 7.27. The number of nitrogens with zero attached hydrogens (tertiary/aromatic N) is 5. The van der Waals surface area contributed by atoms with E-state index in [0.29, 0.717) is 26.2 Å². The first-order valence-electron chi connectivity index (χ1n) is 12.9. The van der Waals surface area contributed by atoms with E-state index in [1.54, 1.807) is 4.90 Å². The maximum atomic E-state index is 13.2. The van der Waals surface area contributed by atoms with Crippen LogP contribution in [0.5, 0.6) is 0 Å². The lowest BCUT2D eigenvalue weighted by Crippen LogP contribution is -2.47. The summed E-state index contributed by atoms with van der Waals surface area (Å²) < 4.78 is 5.75. The lowest BCUT2D eigenvalue weighted by Gasteiger charge is -2.28. The number of amides is 2. The number of carbonyl (C=O) groups is 2. The maximum Gasteiger partial charge on any atom is 0.242 e. The van der Waals surface area contributed by atoms with Gasteiger partial charge in [0, 0.05) is 50.8 Å². The number of carbonyl (C=O) groups excluding carboxylic acids is 2. The van der Waals surface area contributed by atoms with Crippen molar-refractivity contribution in [3.05, 3.63) is 42.0 Å². The highest BCUT2D eigenvalue weighted by Crippen LogP contribution is 2.31. The standard InChI is InChI=1S/C27H35N5O3/c1-20-5-7-21(8-6-20)24-11-12-25(29-28-24)30-13-3-14-31(16-15-30)26(33)19-32(27(34)22-9-10-22)18-23-4-2-17-35-23/h5-8,11-12,22-23H,2-4,9-10,13-19H2,1H3/t23-/m1/s1. The number of hydrogen-bond donors (Lipinski definition) is 0. The Bertz CT molecular complexity index is 1020. The van der Waals surface area contributed by atoms with Crippen molar-refractivity contribution in [3.8, 4) is 11.3 Å². The third-order valence-electron chi connectivity index (χ3n) is 7.18. The Hall–Kier alpha value is -3.00. The van der Waals surface area contributed by atoms with Crippen molar-refractivity contribution in [3.63, 3.8) is 0 Å². The summed E-state index contributed by atoms with van der Waals surface area (Å²) in [7, 11) is 0. The third-order valence-corrected chi connectivity index (χ3v) is 7.18. The van der Waals surface area contributed by atoms with Crippen LogP contribution < -0.4 is 4.90 Å². The van der Waals surface area contributed by atoms with Gasteiger partial charge in [0.2, 0.25) is 11.8 Å². The van der Waals surface area contributed by atoms with E-state index in [-0.39, 0.29) is 30.4 Å². The molecule has 0 bridgehead atoms. The molecule has 5 rings (SSSR count). The highest BCUT2D eigenvalue weighted by molar-refractivity contribution is 5.87. The van der Waals surface area contributed by atoms with Gasteiger partial charge in [0.15, 0.2) is 5.82 Å². The van der Waals surface area contributed by atoms with Crippen molar-refractivity contribution in [1.82, 2.24) is 20.0 Å². The summed E-state index contributed by atoms with van der Waals surface area (Å²) in [5.41, 5.74) is 3.12. The molecule has 2 aromatic rings. The van der Waals surface area contributed by atoms with Crippen LogP contribution in [0.2, 0.25) is 0 Å². The van der Waals surface area contributed by atoms with E-state index in [4.69, 9.17) is 4.74 Å². The van der Waals surface area contributed by atoms with Gasteiger partial charge in [-0.05, 0) is 51.2 Å². The van der Waals surface area contributed by atoms with Crippen molar-refractivity contribution in [2.75, 3.05) is 50.8 Å². The Morgan fingerprint density at radius 3 is 2.49 bits per heavy atom. The largest absolute Gasteiger partial charge is 0.376 e. The van der Waals surface area contributed by atoms with Crippen LogP contribution in [-0.2, 0) is 14.3 Å². The summed E-state index contributed by atoms with van der Waals surface area (Å²) in [5.74, 6) is 1.08. The van der Waals surface area contributed by atoms with Gasteiger partial charge in [-0.15, -0.1) is 10.2 Å². The fraction of sp³-hybridized carbons (Fsp3) is 0.556. The van der Waals surface area contributed by atoms with E-state index in [9.17, 15) is 9.59 Å². The van der Waals surface area contributed by atoms with Gasteiger partial charge in [-0.1, -0.05) is 29.8 Å². The molecule has 0 spiro atoms. The molecule has 2 saturated heterocycles. The Morgan fingerprint density at radius 2 is 1.80 bits per heavy atom. The molecule has 0 N–H and O–H groups in total. The second-order valence-electron chi connectivity index (χ2n) is 9.99. The van der Waals surface area contributed by atoms with Gasteiger partial charge in [0.05, 0.1) is 18.3 Å². The molecule has 1 saturated carbocycles. The number of rotatable bonds is 7. The van der Waals surface area contributed by atoms with Crippen LogP contribution in [0.3, 0.4) is 0 Å². The second kappa shape index (κ2) is 10.7. The highest BCUT2D eigenvalue weighted by Gasteiger charge is 2.36. The molecule has 35 heavy (non-hydrogen) atoms. The lowest BCUT2D eigenvalue weighted by atomic mass is 10.1. The molecule has 3 fully saturated rings. The SMILES string of the molecule is Cc1ccc(-c2ccc(N3CCCN(C(=O)CN(C[C@H]4CCCO4)C(=O)C4CC4)CC3)nn2)cc1. The normalized spacial score (nSPS) is 20.5. The number of aryl methyl sites for hydroxylation is 1. The van der Waals surface area contributed by atoms with Crippen molar-refractivity contribution < 1.29 is 14.3 Å². The van der Waals surface area contributed by atoms with Crippen LogP contribution in [0, 0.1) is 12.8 Å². The van der Waals surface area contributed by atoms with E-state index < -0.39 is 0 Å². The lowest BCUT2D eigenvalue weighted by molar-refractivity contribution is -0.142. The Labute approximate surface area is 207 Å². The zero-order valence-corrected chi connectivity index (χ0v) is 20.6. The molecule has 186 valence electrons. The summed E-state index contributed by atoms with van der Waals surface area (Å²) in [6.45, 7) is 6.33. The van der Waals surface area contributed by atoms with Gasteiger partial charge < -0.3 is 19.4 Å². The van der Waals surface area contributed by atoms with Crippen LogP contribution in [0.4, 0.5) is 5.82 Å². The first kappa shape index (κ1) is 23.7. The van der Waals surface area contributed by atoms with Crippen LogP contribution in [0.25, 0.3) is 11.3 Å². The molecule has 0 radical (unpaired) electrons. The van der Waals surface area contributed by atoms with Gasteiger partial charge in [-0.25, -0.2) is 0 Å². The summed E-state index contributed by atoms with van der Waals surface area (Å²) in [4.78, 5) is 31.9. The minimum absolute atomic E-state index is 0.0275. The van der Waals surface area contributed by atoms with Gasteiger partial charge in [0.25, 0.3) is 0 Å². The predicted octanol–water partition coefficient (Wildman–Crippen LogP) is 2.91. The molecule has 8 heteroatoms. The molecule has 1 atom stereocenters. The van der Waals surface area contributed by atoms with Gasteiger partial charge >= 0.3 is 0 Å². The van der Waals surface area contributed by atoms with E-state index >= 15 is 0 Å². The van der Waals surface area contributed by atoms with Crippen LogP contribution in [0.1, 0.15) is 37.7 Å². The molecule has 2 aliphatic heterocycles. The Balaban J connectivity index is 1.18. The number of benzene rings is 1. The van der Waals surface area contributed by atoms with Crippen LogP contribution in [0.15, 0.2) is 36.4 Å². The molecule has 3 heterocycles. The minimum atomic E-state index is 0.0275. The first-order chi connectivity index (χ1) is 17.1. The van der Waals surface area contributed by atoms with Gasteiger partial charge in [-0.3, -0.25) is 9.59 Å². The van der Waals surface area contributed by atoms with Crippen molar-refractivity contribution in [1.29, 1.82) is 0 Å². The highest BCUT2D eigenvalue weighted by atomic mass is 16.5. The predicted molar refractivity (Wildman–Crippen MR) is 134 cm³/mol. The number of ether oxygens (including phenoxy) is 1. The monoisotopic (exact) mass is 477 g/mol. The number of hydrogen-bond acceptors (Lipinski definition) is 6. The zero-order valence-electron chi connectivity index (χ0n) is 20.6. The van der Waals surface area contributed by atoms with Gasteiger partial charge in [0.1, 0.15) is 0 Å². The van der Waals surface area contributed by atoms with Gasteiger partial charge in [-0.2, -0.15) is 0 Å². The van der Waals surface area contributed by atoms with Crippen molar-refractivity contribution >= 4 is 17.6 Å². The second-order valence-corrected chi connectivity index (χ2v) is 9.99. The van der Waals surface area contributed by atoms with E-state index in [1.165, 1.54) is 5.56 Å².